The number of ether oxygens (including phenoxy) is 1. The summed E-state index contributed by atoms with van der Waals surface area (Å²) in [5, 5.41) is 14.5. The van der Waals surface area contributed by atoms with Crippen LogP contribution < -0.4 is 0 Å². The first-order valence-electron chi connectivity index (χ1n) is 5.93. The average Bonchev–Trinajstić information content (AvgIpc) is 2.72. The van der Waals surface area contributed by atoms with Crippen molar-refractivity contribution in [3.05, 3.63) is 18.0 Å². The van der Waals surface area contributed by atoms with Crippen LogP contribution in [0.25, 0.3) is 0 Å². The van der Waals surface area contributed by atoms with Gasteiger partial charge in [-0.05, 0) is 25.8 Å². The van der Waals surface area contributed by atoms with Crippen LogP contribution in [0.2, 0.25) is 0 Å². The van der Waals surface area contributed by atoms with Crippen LogP contribution in [0.15, 0.2) is 12.3 Å². The highest BCUT2D eigenvalue weighted by atomic mass is 16.5. The molecule has 0 aromatic carbocycles. The fourth-order valence-corrected chi connectivity index (χ4v) is 1.87. The van der Waals surface area contributed by atoms with Gasteiger partial charge >= 0.3 is 0 Å². The largest absolute Gasteiger partial charge is 0.384 e. The Labute approximate surface area is 97.2 Å². The van der Waals surface area contributed by atoms with Gasteiger partial charge < -0.3 is 9.84 Å². The third-order valence-corrected chi connectivity index (χ3v) is 2.68. The summed E-state index contributed by atoms with van der Waals surface area (Å²) in [6.07, 6.45) is 0.931. The Morgan fingerprint density at radius 3 is 2.62 bits per heavy atom. The monoisotopic (exact) mass is 226 g/mol. The number of rotatable bonds is 6. The minimum Gasteiger partial charge on any atom is -0.384 e. The Morgan fingerprint density at radius 2 is 2.12 bits per heavy atom. The molecule has 0 saturated heterocycles. The summed E-state index contributed by atoms with van der Waals surface area (Å²) in [4.78, 5) is 0. The summed E-state index contributed by atoms with van der Waals surface area (Å²) < 4.78 is 7.40. The predicted octanol–water partition coefficient (Wildman–Crippen LogP) is 2.00. The van der Waals surface area contributed by atoms with Gasteiger partial charge in [0.2, 0.25) is 0 Å². The molecule has 0 radical (unpaired) electrons. The number of hydrogen-bond donors (Lipinski definition) is 1. The number of hydrogen-bond acceptors (Lipinski definition) is 3. The maximum absolute atomic E-state index is 10.3. The normalized spacial score (nSPS) is 15.4. The van der Waals surface area contributed by atoms with Gasteiger partial charge in [-0.3, -0.25) is 4.68 Å². The smallest absolute Gasteiger partial charge is 0.122 e. The Morgan fingerprint density at radius 1 is 1.44 bits per heavy atom. The van der Waals surface area contributed by atoms with Gasteiger partial charge in [-0.1, -0.05) is 13.8 Å². The molecular formula is C12H22N2O2. The summed E-state index contributed by atoms with van der Waals surface area (Å²) in [6, 6.07) is 1.85. The molecule has 92 valence electrons. The van der Waals surface area contributed by atoms with Crippen LogP contribution in [-0.2, 0) is 11.3 Å². The lowest BCUT2D eigenvalue weighted by atomic mass is 9.99. The van der Waals surface area contributed by atoms with Crippen LogP contribution in [0.1, 0.15) is 39.5 Å². The van der Waals surface area contributed by atoms with E-state index >= 15 is 0 Å². The van der Waals surface area contributed by atoms with Crippen LogP contribution in [-0.4, -0.2) is 27.6 Å². The van der Waals surface area contributed by atoms with Crippen molar-refractivity contribution >= 4 is 0 Å². The molecule has 1 aromatic heterocycles. The molecule has 4 nitrogen and oxygen atoms in total. The van der Waals surface area contributed by atoms with Gasteiger partial charge in [0.1, 0.15) is 6.10 Å². The van der Waals surface area contributed by atoms with Crippen LogP contribution in [0, 0.1) is 5.92 Å². The van der Waals surface area contributed by atoms with Gasteiger partial charge in [0, 0.05) is 19.3 Å². The zero-order valence-electron chi connectivity index (χ0n) is 10.6. The molecule has 2 unspecified atom stereocenters. The molecule has 2 atom stereocenters. The molecule has 0 amide bonds. The molecule has 0 aliphatic rings. The van der Waals surface area contributed by atoms with E-state index < -0.39 is 6.10 Å². The molecule has 4 heteroatoms. The SMILES string of the molecule is CCOC(C(C)C)C(O)c1ccnn1CC. The molecule has 0 bridgehead atoms. The minimum absolute atomic E-state index is 0.174. The van der Waals surface area contributed by atoms with E-state index in [0.29, 0.717) is 6.61 Å². The summed E-state index contributed by atoms with van der Waals surface area (Å²) in [7, 11) is 0. The molecule has 0 fully saturated rings. The molecule has 1 N–H and O–H groups in total. The first-order valence-corrected chi connectivity index (χ1v) is 5.93. The first kappa shape index (κ1) is 13.2. The Hall–Kier alpha value is -0.870. The third-order valence-electron chi connectivity index (χ3n) is 2.68. The fraction of sp³-hybridized carbons (Fsp3) is 0.750. The molecule has 1 heterocycles. The molecule has 1 rings (SSSR count). The lowest BCUT2D eigenvalue weighted by Crippen LogP contribution is -2.29. The van der Waals surface area contributed by atoms with Gasteiger partial charge in [0.15, 0.2) is 0 Å². The van der Waals surface area contributed by atoms with E-state index in [0.717, 1.165) is 12.2 Å². The van der Waals surface area contributed by atoms with Gasteiger partial charge in [-0.25, -0.2) is 0 Å². The van der Waals surface area contributed by atoms with Crippen LogP contribution in [0.3, 0.4) is 0 Å². The van der Waals surface area contributed by atoms with Gasteiger partial charge in [-0.15, -0.1) is 0 Å². The second kappa shape index (κ2) is 6.01. The van der Waals surface area contributed by atoms with Crippen molar-refractivity contribution in [3.8, 4) is 0 Å². The summed E-state index contributed by atoms with van der Waals surface area (Å²) in [5.74, 6) is 0.273. The highest BCUT2D eigenvalue weighted by Crippen LogP contribution is 2.24. The van der Waals surface area contributed by atoms with Gasteiger partial charge in [0.05, 0.1) is 11.8 Å². The van der Waals surface area contributed by atoms with Gasteiger partial charge in [-0.2, -0.15) is 5.10 Å². The Kier molecular flexibility index (Phi) is 4.96. The van der Waals surface area contributed by atoms with E-state index in [1.165, 1.54) is 0 Å². The maximum Gasteiger partial charge on any atom is 0.122 e. The van der Waals surface area contributed by atoms with E-state index in [-0.39, 0.29) is 12.0 Å². The Bertz CT molecular complexity index is 310. The third kappa shape index (κ3) is 2.83. The number of aliphatic hydroxyl groups is 1. The molecule has 0 aliphatic carbocycles. The summed E-state index contributed by atoms with van der Waals surface area (Å²) in [5.41, 5.74) is 0.828. The van der Waals surface area contributed by atoms with Crippen molar-refractivity contribution in [2.24, 2.45) is 5.92 Å². The summed E-state index contributed by atoms with van der Waals surface area (Å²) in [6.45, 7) is 9.43. The van der Waals surface area contributed by atoms with Crippen molar-refractivity contribution in [1.82, 2.24) is 9.78 Å². The summed E-state index contributed by atoms with van der Waals surface area (Å²) >= 11 is 0. The molecule has 0 saturated carbocycles. The predicted molar refractivity (Wildman–Crippen MR) is 63.1 cm³/mol. The number of aliphatic hydroxyl groups excluding tert-OH is 1. The molecule has 0 aliphatic heterocycles. The zero-order chi connectivity index (χ0) is 12.1. The topological polar surface area (TPSA) is 47.3 Å². The highest BCUT2D eigenvalue weighted by molar-refractivity contribution is 5.06. The quantitative estimate of drug-likeness (QED) is 0.807. The van der Waals surface area contributed by atoms with Gasteiger partial charge in [0.25, 0.3) is 0 Å². The van der Waals surface area contributed by atoms with E-state index in [1.807, 2.05) is 19.9 Å². The standard InChI is InChI=1S/C12H22N2O2/c1-5-14-10(7-8-13-14)11(15)12(9(3)4)16-6-2/h7-9,11-12,15H,5-6H2,1-4H3. The second-order valence-corrected chi connectivity index (χ2v) is 4.18. The maximum atomic E-state index is 10.3. The number of aryl methyl sites for hydroxylation is 1. The van der Waals surface area contributed by atoms with Crippen molar-refractivity contribution in [2.75, 3.05) is 6.61 Å². The van der Waals surface area contributed by atoms with E-state index in [1.54, 1.807) is 10.9 Å². The second-order valence-electron chi connectivity index (χ2n) is 4.18. The zero-order valence-corrected chi connectivity index (χ0v) is 10.6. The lowest BCUT2D eigenvalue weighted by molar-refractivity contribution is -0.0617. The number of nitrogens with zero attached hydrogens (tertiary/aromatic N) is 2. The fourth-order valence-electron chi connectivity index (χ4n) is 1.87. The number of aromatic nitrogens is 2. The minimum atomic E-state index is -0.609. The molecule has 0 spiro atoms. The average molecular weight is 226 g/mol. The first-order chi connectivity index (χ1) is 7.61. The van der Waals surface area contributed by atoms with Crippen LogP contribution >= 0.6 is 0 Å². The van der Waals surface area contributed by atoms with E-state index in [9.17, 15) is 5.11 Å². The van der Waals surface area contributed by atoms with E-state index in [4.69, 9.17) is 4.74 Å². The highest BCUT2D eigenvalue weighted by Gasteiger charge is 2.26. The van der Waals surface area contributed by atoms with Crippen molar-refractivity contribution in [1.29, 1.82) is 0 Å². The van der Waals surface area contributed by atoms with E-state index in [2.05, 4.69) is 18.9 Å². The molecule has 16 heavy (non-hydrogen) atoms. The van der Waals surface area contributed by atoms with Crippen molar-refractivity contribution in [3.63, 3.8) is 0 Å². The Balaban J connectivity index is 2.85. The lowest BCUT2D eigenvalue weighted by Gasteiger charge is -2.26. The molecule has 1 aromatic rings. The van der Waals surface area contributed by atoms with Crippen molar-refractivity contribution in [2.45, 2.75) is 46.4 Å². The van der Waals surface area contributed by atoms with Crippen LogP contribution in [0.4, 0.5) is 0 Å². The molecular weight excluding hydrogens is 204 g/mol. The van der Waals surface area contributed by atoms with Crippen LogP contribution in [0.5, 0.6) is 0 Å². The van der Waals surface area contributed by atoms with Crippen molar-refractivity contribution < 1.29 is 9.84 Å².